The minimum Gasteiger partial charge on any atom is -0.406 e. The van der Waals surface area contributed by atoms with E-state index in [1.54, 1.807) is 18.2 Å². The first-order chi connectivity index (χ1) is 8.98. The third-order valence-electron chi connectivity index (χ3n) is 2.40. The molecule has 0 saturated heterocycles. The highest BCUT2D eigenvalue weighted by molar-refractivity contribution is 5.60. The minimum atomic E-state index is -4.68. The molecule has 1 aromatic heterocycles. The molecule has 0 atom stereocenters. The van der Waals surface area contributed by atoms with Crippen LogP contribution in [0.2, 0.25) is 0 Å². The van der Waals surface area contributed by atoms with Crippen LogP contribution in [0.3, 0.4) is 0 Å². The molecule has 100 valence electrons. The number of alkyl halides is 3. The van der Waals surface area contributed by atoms with Gasteiger partial charge < -0.3 is 10.5 Å². The van der Waals surface area contributed by atoms with E-state index >= 15 is 0 Å². The largest absolute Gasteiger partial charge is 0.573 e. The maximum atomic E-state index is 12.0. The monoisotopic (exact) mass is 268 g/mol. The van der Waals surface area contributed by atoms with Crippen molar-refractivity contribution in [3.63, 3.8) is 0 Å². The second kappa shape index (κ2) is 5.27. The highest BCUT2D eigenvalue weighted by Gasteiger charge is 2.30. The number of nitrogens with zero attached hydrogens (tertiary/aromatic N) is 1. The number of halogens is 3. The van der Waals surface area contributed by atoms with E-state index in [2.05, 4.69) is 9.72 Å². The Bertz CT molecular complexity index is 553. The maximum Gasteiger partial charge on any atom is 0.573 e. The van der Waals surface area contributed by atoms with E-state index in [0.717, 1.165) is 0 Å². The van der Waals surface area contributed by atoms with Crippen LogP contribution >= 0.6 is 0 Å². The Kier molecular flexibility index (Phi) is 3.71. The lowest BCUT2D eigenvalue weighted by Crippen LogP contribution is -2.16. The molecule has 0 unspecified atom stereocenters. The Morgan fingerprint density at radius 3 is 2.32 bits per heavy atom. The van der Waals surface area contributed by atoms with Crippen molar-refractivity contribution in [3.05, 3.63) is 48.2 Å². The molecule has 0 fully saturated rings. The number of rotatable bonds is 3. The normalized spacial score (nSPS) is 11.4. The third-order valence-corrected chi connectivity index (χ3v) is 2.40. The average Bonchev–Trinajstić information content (AvgIpc) is 2.38. The summed E-state index contributed by atoms with van der Waals surface area (Å²) in [6.45, 7) is 0.309. The van der Waals surface area contributed by atoms with Gasteiger partial charge in [-0.1, -0.05) is 6.07 Å². The van der Waals surface area contributed by atoms with Crippen LogP contribution in [0.5, 0.6) is 5.75 Å². The molecule has 1 heterocycles. The Morgan fingerprint density at radius 1 is 1.05 bits per heavy atom. The van der Waals surface area contributed by atoms with Crippen LogP contribution in [0.1, 0.15) is 5.69 Å². The zero-order valence-corrected chi connectivity index (χ0v) is 9.82. The SMILES string of the molecule is NCc1cccc(-c2ccc(OC(F)(F)F)cc2)n1. The quantitative estimate of drug-likeness (QED) is 0.930. The summed E-state index contributed by atoms with van der Waals surface area (Å²) in [4.78, 5) is 4.28. The molecule has 0 aliphatic heterocycles. The van der Waals surface area contributed by atoms with Crippen LogP contribution in [-0.2, 0) is 6.54 Å². The summed E-state index contributed by atoms with van der Waals surface area (Å²) in [6.07, 6.45) is -4.68. The summed E-state index contributed by atoms with van der Waals surface area (Å²) in [5, 5.41) is 0. The van der Waals surface area contributed by atoms with Crippen molar-refractivity contribution in [2.75, 3.05) is 0 Å². The van der Waals surface area contributed by atoms with E-state index in [0.29, 0.717) is 23.5 Å². The molecule has 2 N–H and O–H groups in total. The number of ether oxygens (including phenoxy) is 1. The fourth-order valence-electron chi connectivity index (χ4n) is 1.58. The van der Waals surface area contributed by atoms with Gasteiger partial charge in [0.2, 0.25) is 0 Å². The molecular formula is C13H11F3N2O. The van der Waals surface area contributed by atoms with E-state index in [4.69, 9.17) is 5.73 Å². The van der Waals surface area contributed by atoms with Crippen molar-refractivity contribution >= 4 is 0 Å². The van der Waals surface area contributed by atoms with Gasteiger partial charge in [-0.3, -0.25) is 4.98 Å². The van der Waals surface area contributed by atoms with E-state index < -0.39 is 6.36 Å². The number of hydrogen-bond acceptors (Lipinski definition) is 3. The first-order valence-electron chi connectivity index (χ1n) is 5.50. The molecule has 2 aromatic rings. The molecule has 0 aliphatic rings. The summed E-state index contributed by atoms with van der Waals surface area (Å²) in [5.41, 5.74) is 7.55. The van der Waals surface area contributed by atoms with E-state index in [1.807, 2.05) is 0 Å². The molecule has 19 heavy (non-hydrogen) atoms. The van der Waals surface area contributed by atoms with Gasteiger partial charge in [0.1, 0.15) is 5.75 Å². The molecule has 0 spiro atoms. The van der Waals surface area contributed by atoms with Crippen molar-refractivity contribution in [2.45, 2.75) is 12.9 Å². The van der Waals surface area contributed by atoms with Crippen LogP contribution in [0.4, 0.5) is 13.2 Å². The van der Waals surface area contributed by atoms with Crippen LogP contribution < -0.4 is 10.5 Å². The lowest BCUT2D eigenvalue weighted by Gasteiger charge is -2.09. The van der Waals surface area contributed by atoms with E-state index in [9.17, 15) is 13.2 Å². The maximum absolute atomic E-state index is 12.0. The molecule has 0 bridgehead atoms. The van der Waals surface area contributed by atoms with Crippen molar-refractivity contribution in [2.24, 2.45) is 5.73 Å². The molecule has 6 heteroatoms. The molecular weight excluding hydrogens is 257 g/mol. The summed E-state index contributed by atoms with van der Waals surface area (Å²) < 4.78 is 39.8. The van der Waals surface area contributed by atoms with Gasteiger partial charge in [0.25, 0.3) is 0 Å². The first kappa shape index (κ1) is 13.4. The van der Waals surface area contributed by atoms with Crippen LogP contribution in [-0.4, -0.2) is 11.3 Å². The standard InChI is InChI=1S/C13H11F3N2O/c14-13(15,16)19-11-6-4-9(5-7-11)12-3-1-2-10(8-17)18-12/h1-7H,8,17H2. The number of hydrogen-bond donors (Lipinski definition) is 1. The van der Waals surface area contributed by atoms with E-state index in [-0.39, 0.29) is 5.75 Å². The average molecular weight is 268 g/mol. The Morgan fingerprint density at radius 2 is 1.74 bits per heavy atom. The summed E-state index contributed by atoms with van der Waals surface area (Å²) in [7, 11) is 0. The van der Waals surface area contributed by atoms with Crippen molar-refractivity contribution in [3.8, 4) is 17.0 Å². The predicted molar refractivity (Wildman–Crippen MR) is 64.2 cm³/mol. The zero-order chi connectivity index (χ0) is 13.9. The highest BCUT2D eigenvalue weighted by Crippen LogP contribution is 2.25. The number of benzene rings is 1. The third kappa shape index (κ3) is 3.69. The van der Waals surface area contributed by atoms with Gasteiger partial charge in [0.05, 0.1) is 11.4 Å². The number of nitrogens with two attached hydrogens (primary N) is 1. The van der Waals surface area contributed by atoms with Gasteiger partial charge in [-0.05, 0) is 36.4 Å². The molecule has 3 nitrogen and oxygen atoms in total. The van der Waals surface area contributed by atoms with Crippen molar-refractivity contribution < 1.29 is 17.9 Å². The fraction of sp³-hybridized carbons (Fsp3) is 0.154. The van der Waals surface area contributed by atoms with Gasteiger partial charge in [-0.2, -0.15) is 0 Å². The first-order valence-corrected chi connectivity index (χ1v) is 5.50. The highest BCUT2D eigenvalue weighted by atomic mass is 19.4. The summed E-state index contributed by atoms with van der Waals surface area (Å²) in [5.74, 6) is -0.258. The molecule has 2 rings (SSSR count). The van der Waals surface area contributed by atoms with Crippen LogP contribution in [0, 0.1) is 0 Å². The van der Waals surface area contributed by atoms with Gasteiger partial charge in [0, 0.05) is 12.1 Å². The smallest absolute Gasteiger partial charge is 0.406 e. The van der Waals surface area contributed by atoms with Crippen molar-refractivity contribution in [1.29, 1.82) is 0 Å². The van der Waals surface area contributed by atoms with Gasteiger partial charge in [-0.15, -0.1) is 13.2 Å². The second-order valence-electron chi connectivity index (χ2n) is 3.79. The van der Waals surface area contributed by atoms with Crippen LogP contribution in [0.25, 0.3) is 11.3 Å². The van der Waals surface area contributed by atoms with Crippen molar-refractivity contribution in [1.82, 2.24) is 4.98 Å². The van der Waals surface area contributed by atoms with Gasteiger partial charge in [-0.25, -0.2) is 0 Å². The summed E-state index contributed by atoms with van der Waals surface area (Å²) >= 11 is 0. The number of aromatic nitrogens is 1. The fourth-order valence-corrected chi connectivity index (χ4v) is 1.58. The Balaban J connectivity index is 2.22. The van der Waals surface area contributed by atoms with E-state index in [1.165, 1.54) is 24.3 Å². The lowest BCUT2D eigenvalue weighted by atomic mass is 10.1. The molecule has 0 amide bonds. The lowest BCUT2D eigenvalue weighted by molar-refractivity contribution is -0.274. The topological polar surface area (TPSA) is 48.1 Å². The molecule has 0 radical (unpaired) electrons. The molecule has 0 saturated carbocycles. The van der Waals surface area contributed by atoms with Gasteiger partial charge >= 0.3 is 6.36 Å². The Labute approximate surface area is 107 Å². The Hall–Kier alpha value is -2.08. The summed E-state index contributed by atoms with van der Waals surface area (Å²) in [6, 6.07) is 10.9. The zero-order valence-electron chi connectivity index (χ0n) is 9.82. The number of pyridine rings is 1. The molecule has 0 aliphatic carbocycles. The predicted octanol–water partition coefficient (Wildman–Crippen LogP) is 3.11. The van der Waals surface area contributed by atoms with Crippen LogP contribution in [0.15, 0.2) is 42.5 Å². The molecule has 1 aromatic carbocycles. The van der Waals surface area contributed by atoms with Gasteiger partial charge in [0.15, 0.2) is 0 Å². The second-order valence-corrected chi connectivity index (χ2v) is 3.79. The minimum absolute atomic E-state index is 0.258.